The first-order valence-electron chi connectivity index (χ1n) is 6.96. The van der Waals surface area contributed by atoms with Crippen LogP contribution < -0.4 is 5.32 Å². The van der Waals surface area contributed by atoms with E-state index in [0.29, 0.717) is 23.3 Å². The van der Waals surface area contributed by atoms with Gasteiger partial charge in [-0.05, 0) is 49.2 Å². The predicted octanol–water partition coefficient (Wildman–Crippen LogP) is 1.37. The summed E-state index contributed by atoms with van der Waals surface area (Å²) in [7, 11) is -3.17. The molecule has 6 heteroatoms. The molecule has 2 aliphatic heterocycles. The van der Waals surface area contributed by atoms with E-state index in [2.05, 4.69) is 26.1 Å². The summed E-state index contributed by atoms with van der Waals surface area (Å²) in [6.45, 7) is 4.88. The zero-order valence-electron chi connectivity index (χ0n) is 11.3. The summed E-state index contributed by atoms with van der Waals surface area (Å²) in [5.41, 5.74) is 0. The van der Waals surface area contributed by atoms with Gasteiger partial charge < -0.3 is 10.2 Å². The lowest BCUT2D eigenvalue weighted by Crippen LogP contribution is -2.30. The maximum Gasteiger partial charge on any atom is 0.179 e. The van der Waals surface area contributed by atoms with E-state index in [1.165, 1.54) is 0 Å². The Bertz CT molecular complexity index is 561. The topological polar surface area (TPSA) is 49.4 Å². The van der Waals surface area contributed by atoms with Crippen molar-refractivity contribution in [3.63, 3.8) is 0 Å². The van der Waals surface area contributed by atoms with E-state index in [1.807, 2.05) is 0 Å². The molecule has 1 aromatic carbocycles. The molecule has 3 rings (SSSR count). The van der Waals surface area contributed by atoms with E-state index in [4.69, 9.17) is 0 Å². The highest BCUT2D eigenvalue weighted by molar-refractivity contribution is 9.10. The number of fused-ring (bicyclic) bond motifs is 1. The molecule has 2 saturated heterocycles. The molecule has 1 aromatic rings. The van der Waals surface area contributed by atoms with Crippen molar-refractivity contribution in [3.05, 3.63) is 28.7 Å². The molecule has 2 heterocycles. The van der Waals surface area contributed by atoms with Crippen LogP contribution in [0.4, 0.5) is 0 Å². The average Bonchev–Trinajstić information content (AvgIpc) is 2.97. The van der Waals surface area contributed by atoms with Gasteiger partial charge in [-0.15, -0.1) is 0 Å². The van der Waals surface area contributed by atoms with E-state index < -0.39 is 9.84 Å². The summed E-state index contributed by atoms with van der Waals surface area (Å²) >= 11 is 3.32. The molecule has 1 N–H and O–H groups in total. The fourth-order valence-electron chi connectivity index (χ4n) is 3.14. The first-order chi connectivity index (χ1) is 9.54. The maximum absolute atomic E-state index is 12.3. The fourth-order valence-corrected chi connectivity index (χ4v) is 4.69. The Morgan fingerprint density at radius 3 is 2.35 bits per heavy atom. The van der Waals surface area contributed by atoms with E-state index >= 15 is 0 Å². The van der Waals surface area contributed by atoms with Crippen LogP contribution in [0, 0.1) is 11.8 Å². The van der Waals surface area contributed by atoms with Gasteiger partial charge in [0.1, 0.15) is 0 Å². The number of rotatable bonds is 4. The molecule has 0 spiro atoms. The van der Waals surface area contributed by atoms with Gasteiger partial charge in [0.05, 0.1) is 10.6 Å². The number of hydrogen-bond donors (Lipinski definition) is 1. The number of nitrogens with one attached hydrogen (secondary N) is 1. The highest BCUT2D eigenvalue weighted by atomic mass is 79.9. The van der Waals surface area contributed by atoms with E-state index in [0.717, 1.165) is 30.7 Å². The van der Waals surface area contributed by atoms with Crippen molar-refractivity contribution in [1.82, 2.24) is 10.2 Å². The standard InChI is InChI=1S/C14H19BrN2O2S/c15-13-1-3-14(4-2-13)20(18,19)6-5-17-9-11-7-16-8-12(11)10-17/h1-4,11-12,16H,5-10H2. The van der Waals surface area contributed by atoms with Crippen molar-refractivity contribution in [2.75, 3.05) is 38.5 Å². The lowest BCUT2D eigenvalue weighted by atomic mass is 10.0. The predicted molar refractivity (Wildman–Crippen MR) is 82.5 cm³/mol. The first kappa shape index (κ1) is 14.5. The van der Waals surface area contributed by atoms with Crippen molar-refractivity contribution < 1.29 is 8.42 Å². The van der Waals surface area contributed by atoms with Crippen LogP contribution in [0.15, 0.2) is 33.6 Å². The number of halogens is 1. The smallest absolute Gasteiger partial charge is 0.179 e. The van der Waals surface area contributed by atoms with Crippen molar-refractivity contribution >= 4 is 25.8 Å². The van der Waals surface area contributed by atoms with Gasteiger partial charge in [0.25, 0.3) is 0 Å². The summed E-state index contributed by atoms with van der Waals surface area (Å²) in [4.78, 5) is 2.72. The van der Waals surface area contributed by atoms with Crippen molar-refractivity contribution in [1.29, 1.82) is 0 Å². The highest BCUT2D eigenvalue weighted by Crippen LogP contribution is 2.26. The molecule has 0 aliphatic carbocycles. The molecule has 0 amide bonds. The minimum atomic E-state index is -3.17. The number of hydrogen-bond acceptors (Lipinski definition) is 4. The number of sulfone groups is 1. The molecule has 0 radical (unpaired) electrons. The lowest BCUT2D eigenvalue weighted by molar-refractivity contribution is 0.331. The molecule has 2 fully saturated rings. The van der Waals surface area contributed by atoms with Crippen LogP contribution in [0.2, 0.25) is 0 Å². The Balaban J connectivity index is 1.59. The van der Waals surface area contributed by atoms with Gasteiger partial charge in [-0.25, -0.2) is 8.42 Å². The van der Waals surface area contributed by atoms with Crippen LogP contribution in [0.5, 0.6) is 0 Å². The third-order valence-corrected chi connectivity index (χ3v) is 6.55. The molecule has 110 valence electrons. The Hall–Kier alpha value is -0.430. The largest absolute Gasteiger partial charge is 0.316 e. The van der Waals surface area contributed by atoms with Gasteiger partial charge in [0.2, 0.25) is 0 Å². The van der Waals surface area contributed by atoms with Gasteiger partial charge in [-0.2, -0.15) is 0 Å². The summed E-state index contributed by atoms with van der Waals surface area (Å²) in [5, 5.41) is 3.40. The SMILES string of the molecule is O=S(=O)(CCN1CC2CNCC2C1)c1ccc(Br)cc1. The fraction of sp³-hybridized carbons (Fsp3) is 0.571. The molecule has 0 saturated carbocycles. The second-order valence-electron chi connectivity index (χ2n) is 5.71. The summed E-state index contributed by atoms with van der Waals surface area (Å²) in [5.74, 6) is 1.64. The van der Waals surface area contributed by atoms with Crippen LogP contribution in [-0.4, -0.2) is 51.8 Å². The third kappa shape index (κ3) is 3.08. The molecule has 2 unspecified atom stereocenters. The van der Waals surface area contributed by atoms with Crippen LogP contribution in [-0.2, 0) is 9.84 Å². The van der Waals surface area contributed by atoms with Crippen LogP contribution in [0.1, 0.15) is 0 Å². The first-order valence-corrected chi connectivity index (χ1v) is 9.40. The normalized spacial score (nSPS) is 26.9. The van der Waals surface area contributed by atoms with E-state index in [-0.39, 0.29) is 5.75 Å². The summed E-state index contributed by atoms with van der Waals surface area (Å²) in [6, 6.07) is 6.89. The number of likely N-dealkylation sites (tertiary alicyclic amines) is 1. The third-order valence-electron chi connectivity index (χ3n) is 4.31. The van der Waals surface area contributed by atoms with Gasteiger partial charge >= 0.3 is 0 Å². The van der Waals surface area contributed by atoms with Gasteiger partial charge in [0, 0.05) is 24.1 Å². The van der Waals surface area contributed by atoms with Crippen molar-refractivity contribution in [2.45, 2.75) is 4.90 Å². The molecule has 4 nitrogen and oxygen atoms in total. The molecular formula is C14H19BrN2O2S. The van der Waals surface area contributed by atoms with E-state index in [9.17, 15) is 8.42 Å². The number of nitrogens with zero attached hydrogens (tertiary/aromatic N) is 1. The van der Waals surface area contributed by atoms with Crippen molar-refractivity contribution in [2.24, 2.45) is 11.8 Å². The highest BCUT2D eigenvalue weighted by Gasteiger charge is 2.36. The number of benzene rings is 1. The van der Waals surface area contributed by atoms with Gasteiger partial charge in [-0.1, -0.05) is 15.9 Å². The maximum atomic E-state index is 12.3. The van der Waals surface area contributed by atoms with Crippen LogP contribution in [0.25, 0.3) is 0 Å². The van der Waals surface area contributed by atoms with Gasteiger partial charge in [-0.3, -0.25) is 0 Å². The Kier molecular flexibility index (Phi) is 4.17. The zero-order valence-corrected chi connectivity index (χ0v) is 13.7. The minimum absolute atomic E-state index is 0.210. The van der Waals surface area contributed by atoms with Crippen LogP contribution >= 0.6 is 15.9 Å². The summed E-state index contributed by atoms with van der Waals surface area (Å²) in [6.07, 6.45) is 0. The molecular weight excluding hydrogens is 340 g/mol. The summed E-state index contributed by atoms with van der Waals surface area (Å²) < 4.78 is 25.5. The second-order valence-corrected chi connectivity index (χ2v) is 8.74. The van der Waals surface area contributed by atoms with E-state index in [1.54, 1.807) is 24.3 Å². The Morgan fingerprint density at radius 1 is 1.15 bits per heavy atom. The quantitative estimate of drug-likeness (QED) is 0.883. The van der Waals surface area contributed by atoms with Crippen LogP contribution in [0.3, 0.4) is 0 Å². The monoisotopic (exact) mass is 358 g/mol. The van der Waals surface area contributed by atoms with Gasteiger partial charge in [0.15, 0.2) is 9.84 Å². The van der Waals surface area contributed by atoms with Crippen molar-refractivity contribution in [3.8, 4) is 0 Å². The lowest BCUT2D eigenvalue weighted by Gasteiger charge is -2.16. The molecule has 2 aliphatic rings. The Morgan fingerprint density at radius 2 is 1.75 bits per heavy atom. The molecule has 0 bridgehead atoms. The average molecular weight is 359 g/mol. The Labute approximate surface area is 128 Å². The minimum Gasteiger partial charge on any atom is -0.316 e. The molecule has 20 heavy (non-hydrogen) atoms. The zero-order chi connectivity index (χ0) is 14.2. The molecule has 0 aromatic heterocycles. The second kappa shape index (κ2) is 5.75. The molecule has 2 atom stereocenters.